The second-order valence-electron chi connectivity index (χ2n) is 19.1. The maximum atomic E-state index is 12.5. The Morgan fingerprint density at radius 2 is 0.841 bits per heavy atom. The first-order valence-electron chi connectivity index (χ1n) is 27.6. The molecule has 0 amide bonds. The summed E-state index contributed by atoms with van der Waals surface area (Å²) in [6.45, 7) is 22.4. The van der Waals surface area contributed by atoms with Crippen LogP contribution in [0.1, 0.15) is 171 Å². The Hall–Kier alpha value is -1.09. The number of aliphatic hydroxyl groups excluding tert-OH is 2. The number of unbranched alkanes of at least 4 members (excludes halogenated alkanes) is 8. The average molecular weight is 993 g/mol. The Kier molecular flexibility index (Phi) is 33.9. The fraction of sp³-hybridized carbons (Fsp3) is 0.981. The lowest BCUT2D eigenvalue weighted by Gasteiger charge is -2.51. The molecule has 69 heavy (non-hydrogen) atoms. The molecule has 0 spiro atoms. The standard InChI is InChI=1S/C53H100O16/c1-10-18-26-57-35-39-34-40(45(60-29-21-13-4)43(55)44(39)65-38(9)54)66-46-42(37-59-28-20-12-3)68-53(51(64-33-25-17-8)49(46)62-31-23-15-6)69-47-41(36-58-27-19-11-2)67-52(56)50(63-32-24-16-7)48(47)61-30-22-14-5/h39-53,55-56H,10-37H2,1-9H3/t39?,40-,41-,42?,43-,44-,45?,46-,47+,48?,49?,50?,51-,52+,53-/m0/s1. The minimum absolute atomic E-state index is 0.151. The molecule has 2 heterocycles. The Morgan fingerprint density at radius 3 is 1.32 bits per heavy atom. The number of aliphatic hydroxyl groups is 2. The number of carbonyl (C=O) groups is 1. The lowest BCUT2D eigenvalue weighted by molar-refractivity contribution is -0.375. The minimum Gasteiger partial charge on any atom is -0.459 e. The summed E-state index contributed by atoms with van der Waals surface area (Å²) in [6.07, 6.45) is 2.22. The van der Waals surface area contributed by atoms with Crippen molar-refractivity contribution in [2.45, 2.75) is 257 Å². The summed E-state index contributed by atoms with van der Waals surface area (Å²) in [5.41, 5.74) is 0. The zero-order valence-corrected chi connectivity index (χ0v) is 44.6. The molecule has 3 rings (SSSR count). The van der Waals surface area contributed by atoms with E-state index in [-0.39, 0.29) is 25.7 Å². The van der Waals surface area contributed by atoms with Crippen molar-refractivity contribution in [2.75, 3.05) is 72.7 Å². The third-order valence-electron chi connectivity index (χ3n) is 13.0. The van der Waals surface area contributed by atoms with Gasteiger partial charge >= 0.3 is 5.97 Å². The van der Waals surface area contributed by atoms with E-state index in [1.807, 2.05) is 0 Å². The summed E-state index contributed by atoms with van der Waals surface area (Å²) in [6, 6.07) is 0. The fourth-order valence-electron chi connectivity index (χ4n) is 8.87. The highest BCUT2D eigenvalue weighted by Crippen LogP contribution is 2.39. The molecule has 0 aromatic heterocycles. The van der Waals surface area contributed by atoms with Gasteiger partial charge in [0, 0.05) is 65.7 Å². The first-order valence-corrected chi connectivity index (χ1v) is 27.6. The van der Waals surface area contributed by atoms with E-state index in [1.165, 1.54) is 6.92 Å². The number of carbonyl (C=O) groups excluding carboxylic acids is 1. The van der Waals surface area contributed by atoms with Gasteiger partial charge in [-0.2, -0.15) is 0 Å². The first-order chi connectivity index (χ1) is 33.6. The van der Waals surface area contributed by atoms with Crippen molar-refractivity contribution in [3.63, 3.8) is 0 Å². The molecule has 15 atom stereocenters. The van der Waals surface area contributed by atoms with Gasteiger partial charge in [-0.05, 0) is 57.8 Å². The molecular weight excluding hydrogens is 893 g/mol. The summed E-state index contributed by atoms with van der Waals surface area (Å²) in [5, 5.41) is 23.7. The van der Waals surface area contributed by atoms with Crippen LogP contribution in [0.5, 0.6) is 0 Å². The average Bonchev–Trinajstić information content (AvgIpc) is 3.33. The van der Waals surface area contributed by atoms with Crippen LogP contribution < -0.4 is 0 Å². The summed E-state index contributed by atoms with van der Waals surface area (Å²) in [4.78, 5) is 12.5. The van der Waals surface area contributed by atoms with E-state index in [2.05, 4.69) is 55.4 Å². The molecule has 6 unspecified atom stereocenters. The maximum Gasteiger partial charge on any atom is 0.303 e. The van der Waals surface area contributed by atoms with Gasteiger partial charge in [0.1, 0.15) is 67.1 Å². The predicted octanol–water partition coefficient (Wildman–Crippen LogP) is 8.26. The van der Waals surface area contributed by atoms with Crippen molar-refractivity contribution < 1.29 is 76.6 Å². The molecule has 16 heteroatoms. The largest absolute Gasteiger partial charge is 0.459 e. The predicted molar refractivity (Wildman–Crippen MR) is 263 cm³/mol. The topological polar surface area (TPSA) is 178 Å². The second kappa shape index (κ2) is 37.6. The summed E-state index contributed by atoms with van der Waals surface area (Å²) < 4.78 is 86.1. The SMILES string of the molecule is CCCCOCC1O[C@@H](O[C@H]2C(OCCCC)C(OCCCC)[C@H](O)O[C@H]2COCCCC)[C@@H](OCCCC)C(OCCCC)[C@H]1O[C@H]1CC(COCCCC)[C@H](OC(C)=O)[C@H](O)C1OCCCC. The number of hydrogen-bond donors (Lipinski definition) is 2. The fourth-order valence-corrected chi connectivity index (χ4v) is 8.87. The van der Waals surface area contributed by atoms with Gasteiger partial charge in [-0.3, -0.25) is 4.79 Å². The Labute approximate surface area is 417 Å². The number of ether oxygens (including phenoxy) is 13. The van der Waals surface area contributed by atoms with Crippen LogP contribution in [-0.4, -0.2) is 175 Å². The van der Waals surface area contributed by atoms with Crippen LogP contribution in [0, 0.1) is 5.92 Å². The molecule has 0 radical (unpaired) electrons. The molecule has 3 aliphatic rings. The summed E-state index contributed by atoms with van der Waals surface area (Å²) in [7, 11) is 0. The van der Waals surface area contributed by atoms with Crippen LogP contribution in [0.3, 0.4) is 0 Å². The van der Waals surface area contributed by atoms with E-state index < -0.39 is 91.8 Å². The molecule has 2 saturated heterocycles. The monoisotopic (exact) mass is 993 g/mol. The van der Waals surface area contributed by atoms with Crippen molar-refractivity contribution in [1.29, 1.82) is 0 Å². The molecule has 2 N–H and O–H groups in total. The molecule has 1 saturated carbocycles. The molecular formula is C53H100O16. The third kappa shape index (κ3) is 21.7. The van der Waals surface area contributed by atoms with Crippen LogP contribution in [0.4, 0.5) is 0 Å². The Balaban J connectivity index is 2.20. The molecule has 0 aromatic rings. The molecule has 1 aliphatic carbocycles. The zero-order valence-electron chi connectivity index (χ0n) is 44.6. The van der Waals surface area contributed by atoms with Crippen molar-refractivity contribution >= 4 is 5.97 Å². The van der Waals surface area contributed by atoms with Gasteiger partial charge in [-0.15, -0.1) is 0 Å². The highest BCUT2D eigenvalue weighted by molar-refractivity contribution is 5.66. The molecule has 2 aliphatic heterocycles. The van der Waals surface area contributed by atoms with Crippen molar-refractivity contribution in [2.24, 2.45) is 5.92 Å². The molecule has 0 aromatic carbocycles. The van der Waals surface area contributed by atoms with E-state index >= 15 is 0 Å². The highest BCUT2D eigenvalue weighted by Gasteiger charge is 2.56. The van der Waals surface area contributed by atoms with Crippen LogP contribution in [-0.2, 0) is 66.4 Å². The zero-order chi connectivity index (χ0) is 50.2. The molecule has 16 nitrogen and oxygen atoms in total. The van der Waals surface area contributed by atoms with Gasteiger partial charge in [0.05, 0.1) is 25.9 Å². The van der Waals surface area contributed by atoms with Crippen LogP contribution in [0.25, 0.3) is 0 Å². The van der Waals surface area contributed by atoms with Crippen molar-refractivity contribution in [3.8, 4) is 0 Å². The normalized spacial score (nSPS) is 31.8. The van der Waals surface area contributed by atoms with Gasteiger partial charge in [0.25, 0.3) is 0 Å². The van der Waals surface area contributed by atoms with Crippen molar-refractivity contribution in [1.82, 2.24) is 0 Å². The molecule has 0 bridgehead atoms. The summed E-state index contributed by atoms with van der Waals surface area (Å²) >= 11 is 0. The maximum absolute atomic E-state index is 12.5. The lowest BCUT2D eigenvalue weighted by atomic mass is 9.80. The smallest absolute Gasteiger partial charge is 0.303 e. The van der Waals surface area contributed by atoms with Gasteiger partial charge in [0.2, 0.25) is 0 Å². The first kappa shape index (κ1) is 62.2. The molecule has 408 valence electrons. The lowest BCUT2D eigenvalue weighted by Crippen LogP contribution is -2.67. The van der Waals surface area contributed by atoms with Gasteiger partial charge in [0.15, 0.2) is 12.6 Å². The van der Waals surface area contributed by atoms with E-state index in [0.29, 0.717) is 59.3 Å². The third-order valence-corrected chi connectivity index (χ3v) is 13.0. The highest BCUT2D eigenvalue weighted by atomic mass is 16.8. The minimum atomic E-state index is -1.28. The second-order valence-corrected chi connectivity index (χ2v) is 19.1. The van der Waals surface area contributed by atoms with E-state index in [4.69, 9.17) is 61.6 Å². The van der Waals surface area contributed by atoms with Crippen LogP contribution in [0.15, 0.2) is 0 Å². The number of esters is 1. The van der Waals surface area contributed by atoms with Crippen molar-refractivity contribution in [3.05, 3.63) is 0 Å². The van der Waals surface area contributed by atoms with E-state index in [0.717, 1.165) is 103 Å². The Bertz CT molecular complexity index is 1250. The van der Waals surface area contributed by atoms with E-state index in [9.17, 15) is 15.0 Å². The van der Waals surface area contributed by atoms with Gasteiger partial charge in [-0.1, -0.05) is 107 Å². The van der Waals surface area contributed by atoms with Gasteiger partial charge < -0.3 is 71.8 Å². The van der Waals surface area contributed by atoms with Gasteiger partial charge in [-0.25, -0.2) is 0 Å². The van der Waals surface area contributed by atoms with Crippen LogP contribution >= 0.6 is 0 Å². The van der Waals surface area contributed by atoms with E-state index in [1.54, 1.807) is 0 Å². The summed E-state index contributed by atoms with van der Waals surface area (Å²) in [5.74, 6) is -0.871. The molecule has 3 fully saturated rings. The number of hydrogen-bond acceptors (Lipinski definition) is 16. The van der Waals surface area contributed by atoms with Crippen LogP contribution in [0.2, 0.25) is 0 Å². The Morgan fingerprint density at radius 1 is 0.449 bits per heavy atom. The quantitative estimate of drug-likeness (QED) is 0.0443. The number of rotatable bonds is 40.